The van der Waals surface area contributed by atoms with Gasteiger partial charge in [-0.2, -0.15) is 0 Å². The van der Waals surface area contributed by atoms with E-state index in [2.05, 4.69) is 0 Å². The molecule has 132 valence electrons. The fourth-order valence-corrected chi connectivity index (χ4v) is 2.47. The molecule has 1 fully saturated rings. The van der Waals surface area contributed by atoms with E-state index in [4.69, 9.17) is 0 Å². The summed E-state index contributed by atoms with van der Waals surface area (Å²) < 4.78 is 0. The fraction of sp³-hybridized carbons (Fsp3) is 0.333. The van der Waals surface area contributed by atoms with Crippen LogP contribution in [0.25, 0.3) is 0 Å². The first kappa shape index (κ1) is 18.7. The number of likely N-dealkylation sites (N-methyl/N-ethyl adjacent to an activating group) is 1. The lowest BCUT2D eigenvalue weighted by Gasteiger charge is -2.19. The quantitative estimate of drug-likeness (QED) is 0.431. The number of ketones is 1. The molecule has 4 nitrogen and oxygen atoms in total. The zero-order chi connectivity index (χ0) is 18.4. The maximum absolute atomic E-state index is 12.8. The second-order valence-electron chi connectivity index (χ2n) is 6.48. The number of nitrogens with zero attached hydrogens (tertiary/aromatic N) is 2. The minimum Gasteiger partial charge on any atom is -0.383 e. The number of anilines is 1. The molecule has 1 amide bonds. The van der Waals surface area contributed by atoms with Crippen molar-refractivity contribution in [2.24, 2.45) is 5.92 Å². The lowest BCUT2D eigenvalue weighted by molar-refractivity contribution is -0.115. The highest BCUT2D eigenvalue weighted by Crippen LogP contribution is 2.37. The molecule has 1 aromatic rings. The highest BCUT2D eigenvalue weighted by molar-refractivity contribution is 6.08. The van der Waals surface area contributed by atoms with Crippen LogP contribution in [0.3, 0.4) is 0 Å². The first-order valence-corrected chi connectivity index (χ1v) is 8.54. The van der Waals surface area contributed by atoms with Crippen LogP contribution in [-0.2, 0) is 4.79 Å². The Morgan fingerprint density at radius 3 is 2.48 bits per heavy atom. The van der Waals surface area contributed by atoms with Gasteiger partial charge in [-0.15, -0.1) is 0 Å². The normalized spacial score (nSPS) is 15.0. The van der Waals surface area contributed by atoms with Gasteiger partial charge in [0.05, 0.1) is 0 Å². The summed E-state index contributed by atoms with van der Waals surface area (Å²) in [4.78, 5) is 28.5. The van der Waals surface area contributed by atoms with E-state index in [0.717, 1.165) is 24.1 Å². The van der Waals surface area contributed by atoms with Gasteiger partial charge < -0.3 is 9.80 Å². The van der Waals surface area contributed by atoms with Gasteiger partial charge in [0.25, 0.3) is 5.91 Å². The number of carbonyl (C=O) groups excluding carboxylic acids is 2. The number of rotatable bonds is 7. The molecule has 0 heterocycles. The van der Waals surface area contributed by atoms with Gasteiger partial charge in [0.15, 0.2) is 5.78 Å². The van der Waals surface area contributed by atoms with Crippen molar-refractivity contribution in [3.05, 3.63) is 65.9 Å². The highest BCUT2D eigenvalue weighted by atomic mass is 16.2. The van der Waals surface area contributed by atoms with Crippen molar-refractivity contribution in [3.8, 4) is 0 Å². The number of amides is 1. The Labute approximate surface area is 150 Å². The lowest BCUT2D eigenvalue weighted by Crippen LogP contribution is -2.28. The molecule has 0 aliphatic heterocycles. The van der Waals surface area contributed by atoms with Crippen LogP contribution in [0, 0.1) is 5.92 Å². The Morgan fingerprint density at radius 1 is 1.16 bits per heavy atom. The van der Waals surface area contributed by atoms with Crippen molar-refractivity contribution in [2.75, 3.05) is 26.0 Å². The van der Waals surface area contributed by atoms with Crippen LogP contribution >= 0.6 is 0 Å². The predicted octanol–water partition coefficient (Wildman–Crippen LogP) is 3.82. The predicted molar refractivity (Wildman–Crippen MR) is 103 cm³/mol. The summed E-state index contributed by atoms with van der Waals surface area (Å²) in [5.74, 6) is 0.274. The van der Waals surface area contributed by atoms with Gasteiger partial charge in [-0.3, -0.25) is 9.59 Å². The summed E-state index contributed by atoms with van der Waals surface area (Å²) in [6.45, 7) is 1.94. The Kier molecular flexibility index (Phi) is 6.34. The molecular formula is C21H26N2O2. The van der Waals surface area contributed by atoms with Gasteiger partial charge in [-0.1, -0.05) is 30.4 Å². The summed E-state index contributed by atoms with van der Waals surface area (Å²) in [5, 5.41) is 0. The van der Waals surface area contributed by atoms with Crippen LogP contribution in [0.5, 0.6) is 0 Å². The van der Waals surface area contributed by atoms with Gasteiger partial charge in [-0.25, -0.2) is 0 Å². The van der Waals surface area contributed by atoms with E-state index < -0.39 is 0 Å². The zero-order valence-electron chi connectivity index (χ0n) is 15.4. The number of carbonyl (C=O) groups is 2. The number of hydrogen-bond acceptors (Lipinski definition) is 3. The van der Waals surface area contributed by atoms with Gasteiger partial charge in [0.1, 0.15) is 0 Å². The molecule has 1 saturated carbocycles. The van der Waals surface area contributed by atoms with E-state index in [1.54, 1.807) is 30.3 Å². The Hall–Kier alpha value is -2.62. The van der Waals surface area contributed by atoms with E-state index in [9.17, 15) is 9.59 Å². The highest BCUT2D eigenvalue weighted by Gasteiger charge is 2.31. The molecule has 1 aromatic carbocycles. The molecule has 0 N–H and O–H groups in total. The monoisotopic (exact) mass is 338 g/mol. The first-order valence-electron chi connectivity index (χ1n) is 8.54. The van der Waals surface area contributed by atoms with E-state index in [1.165, 1.54) is 6.08 Å². The summed E-state index contributed by atoms with van der Waals surface area (Å²) in [5.41, 5.74) is 2.13. The van der Waals surface area contributed by atoms with Crippen LogP contribution in [0.1, 0.15) is 30.1 Å². The number of benzene rings is 1. The molecule has 1 aliphatic carbocycles. The topological polar surface area (TPSA) is 40.6 Å². The second kappa shape index (κ2) is 8.47. The molecule has 25 heavy (non-hydrogen) atoms. The SMILES string of the molecule is C/C=C\C=C(\C(=O)N(C)c1cccc(C(=O)/C=C/N(C)C)c1)C1CC1. The minimum atomic E-state index is -0.0803. The Balaban J connectivity index is 2.21. The second-order valence-corrected chi connectivity index (χ2v) is 6.48. The maximum Gasteiger partial charge on any atom is 0.254 e. The van der Waals surface area contributed by atoms with Crippen molar-refractivity contribution < 1.29 is 9.59 Å². The average molecular weight is 338 g/mol. The molecule has 1 aliphatic rings. The molecule has 0 saturated heterocycles. The van der Waals surface area contributed by atoms with Crippen LogP contribution < -0.4 is 4.90 Å². The smallest absolute Gasteiger partial charge is 0.254 e. The average Bonchev–Trinajstić information content (AvgIpc) is 3.44. The van der Waals surface area contributed by atoms with Gasteiger partial charge in [0, 0.05) is 50.2 Å². The third-order valence-corrected chi connectivity index (χ3v) is 4.08. The fourth-order valence-electron chi connectivity index (χ4n) is 2.47. The molecule has 0 bridgehead atoms. The van der Waals surface area contributed by atoms with E-state index in [0.29, 0.717) is 11.5 Å². The van der Waals surface area contributed by atoms with Crippen LogP contribution in [0.4, 0.5) is 5.69 Å². The Bertz CT molecular complexity index is 725. The molecule has 0 spiro atoms. The van der Waals surface area contributed by atoms with E-state index >= 15 is 0 Å². The molecular weight excluding hydrogens is 312 g/mol. The zero-order valence-corrected chi connectivity index (χ0v) is 15.4. The van der Waals surface area contributed by atoms with Crippen molar-refractivity contribution in [2.45, 2.75) is 19.8 Å². The summed E-state index contributed by atoms with van der Waals surface area (Å²) in [7, 11) is 5.49. The van der Waals surface area contributed by atoms with Crippen molar-refractivity contribution in [1.82, 2.24) is 4.90 Å². The molecule has 4 heteroatoms. The molecule has 0 unspecified atom stereocenters. The van der Waals surface area contributed by atoms with E-state index in [1.807, 2.05) is 56.3 Å². The maximum atomic E-state index is 12.8. The third-order valence-electron chi connectivity index (χ3n) is 4.08. The van der Waals surface area contributed by atoms with Crippen LogP contribution in [-0.4, -0.2) is 37.7 Å². The van der Waals surface area contributed by atoms with Crippen LogP contribution in [0.2, 0.25) is 0 Å². The molecule has 0 atom stereocenters. The summed E-state index contributed by atoms with van der Waals surface area (Å²) >= 11 is 0. The van der Waals surface area contributed by atoms with Crippen molar-refractivity contribution in [1.29, 1.82) is 0 Å². The van der Waals surface area contributed by atoms with Gasteiger partial charge >= 0.3 is 0 Å². The van der Waals surface area contributed by atoms with Gasteiger partial charge in [0.2, 0.25) is 0 Å². The minimum absolute atomic E-state index is 0.00553. The summed E-state index contributed by atoms with van der Waals surface area (Å²) in [6.07, 6.45) is 11.1. The van der Waals surface area contributed by atoms with Crippen molar-refractivity contribution in [3.63, 3.8) is 0 Å². The van der Waals surface area contributed by atoms with Gasteiger partial charge in [-0.05, 0) is 37.8 Å². The first-order chi connectivity index (χ1) is 11.9. The molecule has 0 aromatic heterocycles. The third kappa shape index (κ3) is 5.18. The lowest BCUT2D eigenvalue weighted by atomic mass is 10.1. The largest absolute Gasteiger partial charge is 0.383 e. The number of hydrogen-bond donors (Lipinski definition) is 0. The van der Waals surface area contributed by atoms with E-state index in [-0.39, 0.29) is 11.7 Å². The van der Waals surface area contributed by atoms with Crippen molar-refractivity contribution >= 4 is 17.4 Å². The Morgan fingerprint density at radius 2 is 1.88 bits per heavy atom. The number of allylic oxidation sites excluding steroid dienone is 4. The molecule has 0 radical (unpaired) electrons. The standard InChI is InChI=1S/C21H26N2O2/c1-5-6-10-19(16-11-12-16)21(25)23(4)18-9-7-8-17(15-18)20(24)13-14-22(2)3/h5-10,13-16H,11-12H2,1-4H3/b6-5-,14-13+,19-10+. The summed E-state index contributed by atoms with van der Waals surface area (Å²) in [6, 6.07) is 7.19. The molecule has 2 rings (SSSR count). The van der Waals surface area contributed by atoms with Crippen LogP contribution in [0.15, 0.2) is 60.3 Å².